The minimum absolute atomic E-state index is 0.503. The molecule has 0 aromatic heterocycles. The quantitative estimate of drug-likeness (QED) is 0.511. The van der Waals surface area contributed by atoms with Crippen LogP contribution in [0.4, 0.5) is 0 Å². The monoisotopic (exact) mass is 412 g/mol. The summed E-state index contributed by atoms with van der Waals surface area (Å²) in [5, 5.41) is 0. The van der Waals surface area contributed by atoms with Crippen LogP contribution in [0.15, 0.2) is 48.6 Å². The van der Waals surface area contributed by atoms with Crippen LogP contribution in [0.1, 0.15) is 11.1 Å². The number of hydrogen-bond donors (Lipinski definition) is 2. The van der Waals surface area contributed by atoms with Crippen LogP contribution in [0.3, 0.4) is 0 Å². The largest absolute Gasteiger partial charge is 0.497 e. The molecule has 0 heterocycles. The number of hydrazine groups is 1. The fourth-order valence-corrected chi connectivity index (χ4v) is 2.45. The Morgan fingerprint density at radius 1 is 0.667 bits per heavy atom. The average molecular weight is 412 g/mol. The Hall–Kier alpha value is -3.94. The van der Waals surface area contributed by atoms with Gasteiger partial charge in [0, 0.05) is 35.4 Å². The van der Waals surface area contributed by atoms with E-state index >= 15 is 0 Å². The van der Waals surface area contributed by atoms with Crippen LogP contribution < -0.4 is 29.8 Å². The third-order valence-corrected chi connectivity index (χ3v) is 4.02. The molecule has 0 unspecified atom stereocenters. The van der Waals surface area contributed by atoms with E-state index < -0.39 is 11.8 Å². The van der Waals surface area contributed by atoms with E-state index in [-0.39, 0.29) is 0 Å². The molecule has 0 bridgehead atoms. The highest BCUT2D eigenvalue weighted by atomic mass is 16.5. The first-order valence-electron chi connectivity index (χ1n) is 8.91. The molecular weight excluding hydrogens is 388 g/mol. The van der Waals surface area contributed by atoms with Crippen molar-refractivity contribution in [2.24, 2.45) is 0 Å². The maximum Gasteiger partial charge on any atom is 0.262 e. The lowest BCUT2D eigenvalue weighted by Crippen LogP contribution is -2.39. The summed E-state index contributed by atoms with van der Waals surface area (Å²) in [5.74, 6) is 1.38. The lowest BCUT2D eigenvalue weighted by Gasteiger charge is -2.08. The van der Waals surface area contributed by atoms with Gasteiger partial charge in [-0.3, -0.25) is 20.4 Å². The van der Waals surface area contributed by atoms with Gasteiger partial charge < -0.3 is 18.9 Å². The molecule has 0 aliphatic carbocycles. The van der Waals surface area contributed by atoms with Crippen LogP contribution in [0.2, 0.25) is 0 Å². The van der Waals surface area contributed by atoms with E-state index in [2.05, 4.69) is 10.9 Å². The van der Waals surface area contributed by atoms with E-state index in [1.807, 2.05) is 0 Å². The summed E-state index contributed by atoms with van der Waals surface area (Å²) in [6, 6.07) is 10.4. The summed E-state index contributed by atoms with van der Waals surface area (Å²) < 4.78 is 20.8. The molecule has 0 atom stereocenters. The molecular formula is C22H24N2O6. The molecule has 0 aliphatic heterocycles. The molecule has 0 aliphatic rings. The molecule has 2 amide bonds. The van der Waals surface area contributed by atoms with Crippen molar-refractivity contribution in [2.45, 2.75) is 0 Å². The zero-order chi connectivity index (χ0) is 21.9. The second-order valence-corrected chi connectivity index (χ2v) is 5.86. The summed E-state index contributed by atoms with van der Waals surface area (Å²) in [5.41, 5.74) is 5.98. The fraction of sp³-hybridized carbons (Fsp3) is 0.182. The Morgan fingerprint density at radius 2 is 1.07 bits per heavy atom. The first kappa shape index (κ1) is 22.4. The van der Waals surface area contributed by atoms with Gasteiger partial charge in [-0.15, -0.1) is 0 Å². The van der Waals surface area contributed by atoms with Crippen LogP contribution in [-0.2, 0) is 9.59 Å². The molecule has 0 spiro atoms. The van der Waals surface area contributed by atoms with Gasteiger partial charge in [-0.2, -0.15) is 0 Å². The molecule has 0 saturated heterocycles. The lowest BCUT2D eigenvalue weighted by atomic mass is 10.1. The van der Waals surface area contributed by atoms with Crippen molar-refractivity contribution >= 4 is 24.0 Å². The first-order chi connectivity index (χ1) is 14.5. The van der Waals surface area contributed by atoms with Crippen molar-refractivity contribution in [2.75, 3.05) is 28.4 Å². The molecule has 2 aromatic carbocycles. The predicted octanol–water partition coefficient (Wildman–Crippen LogP) is 2.60. The van der Waals surface area contributed by atoms with Gasteiger partial charge in [0.15, 0.2) is 0 Å². The molecule has 0 saturated carbocycles. The third kappa shape index (κ3) is 6.30. The van der Waals surface area contributed by atoms with Crippen molar-refractivity contribution in [3.8, 4) is 23.0 Å². The molecule has 0 radical (unpaired) electrons. The number of ether oxygens (including phenoxy) is 4. The summed E-state index contributed by atoms with van der Waals surface area (Å²) in [6.45, 7) is 0. The highest BCUT2D eigenvalue weighted by Gasteiger charge is 2.05. The normalized spacial score (nSPS) is 10.7. The fourth-order valence-electron chi connectivity index (χ4n) is 2.45. The van der Waals surface area contributed by atoms with Crippen LogP contribution in [0.5, 0.6) is 23.0 Å². The van der Waals surface area contributed by atoms with Gasteiger partial charge in [-0.25, -0.2) is 0 Å². The van der Waals surface area contributed by atoms with Gasteiger partial charge in [0.1, 0.15) is 23.0 Å². The maximum atomic E-state index is 12.0. The molecule has 8 nitrogen and oxygen atoms in total. The van der Waals surface area contributed by atoms with Gasteiger partial charge in [0.2, 0.25) is 0 Å². The van der Waals surface area contributed by atoms with Gasteiger partial charge in [0.05, 0.1) is 28.4 Å². The number of amides is 2. The SMILES string of the molecule is COc1ccc(/C=C/C(=O)NNC(=O)/C=C/c2ccc(OC)cc2OC)c(OC)c1. The van der Waals surface area contributed by atoms with Crippen molar-refractivity contribution in [3.63, 3.8) is 0 Å². The van der Waals surface area contributed by atoms with Crippen molar-refractivity contribution < 1.29 is 28.5 Å². The van der Waals surface area contributed by atoms with Gasteiger partial charge in [-0.1, -0.05) is 0 Å². The topological polar surface area (TPSA) is 95.1 Å². The Labute approximate surface area is 175 Å². The number of nitrogens with one attached hydrogen (secondary N) is 2. The standard InChI is InChI=1S/C22H24N2O6/c1-27-17-9-5-15(19(13-17)29-3)7-11-21(25)23-24-22(26)12-8-16-6-10-18(28-2)14-20(16)30-4/h5-14H,1-4H3,(H,23,25)(H,24,26)/b11-7+,12-8+. The number of carbonyl (C=O) groups is 2. The van der Waals surface area contributed by atoms with Gasteiger partial charge >= 0.3 is 0 Å². The van der Waals surface area contributed by atoms with Gasteiger partial charge in [-0.05, 0) is 36.4 Å². The van der Waals surface area contributed by atoms with Crippen LogP contribution >= 0.6 is 0 Å². The number of hydrogen-bond acceptors (Lipinski definition) is 6. The van der Waals surface area contributed by atoms with E-state index in [0.717, 1.165) is 0 Å². The summed E-state index contributed by atoms with van der Waals surface area (Å²) in [6.07, 6.45) is 5.69. The van der Waals surface area contributed by atoms with E-state index in [4.69, 9.17) is 18.9 Å². The molecule has 0 fully saturated rings. The average Bonchev–Trinajstić information content (AvgIpc) is 2.79. The highest BCUT2D eigenvalue weighted by molar-refractivity contribution is 5.96. The molecule has 2 rings (SSSR count). The van der Waals surface area contributed by atoms with Gasteiger partial charge in [0.25, 0.3) is 11.8 Å². The minimum atomic E-state index is -0.503. The van der Waals surface area contributed by atoms with Crippen LogP contribution in [-0.4, -0.2) is 40.3 Å². The van der Waals surface area contributed by atoms with Crippen molar-refractivity contribution in [1.82, 2.24) is 10.9 Å². The number of carbonyl (C=O) groups excluding carboxylic acids is 2. The van der Waals surface area contributed by atoms with E-state index in [1.54, 1.807) is 62.8 Å². The van der Waals surface area contributed by atoms with Crippen LogP contribution in [0.25, 0.3) is 12.2 Å². The Bertz CT molecular complexity index is 875. The summed E-state index contributed by atoms with van der Waals surface area (Å²) >= 11 is 0. The summed E-state index contributed by atoms with van der Waals surface area (Å²) in [4.78, 5) is 23.9. The van der Waals surface area contributed by atoms with Crippen molar-refractivity contribution in [3.05, 3.63) is 59.7 Å². The zero-order valence-corrected chi connectivity index (χ0v) is 17.2. The highest BCUT2D eigenvalue weighted by Crippen LogP contribution is 2.26. The minimum Gasteiger partial charge on any atom is -0.497 e. The lowest BCUT2D eigenvalue weighted by molar-refractivity contribution is -0.123. The van der Waals surface area contributed by atoms with E-state index in [1.165, 1.54) is 26.4 Å². The Balaban J connectivity index is 1.93. The molecule has 2 N–H and O–H groups in total. The van der Waals surface area contributed by atoms with Crippen molar-refractivity contribution in [1.29, 1.82) is 0 Å². The first-order valence-corrected chi connectivity index (χ1v) is 8.91. The summed E-state index contributed by atoms with van der Waals surface area (Å²) in [7, 11) is 6.16. The van der Waals surface area contributed by atoms with Crippen LogP contribution in [0, 0.1) is 0 Å². The molecule has 2 aromatic rings. The predicted molar refractivity (Wildman–Crippen MR) is 113 cm³/mol. The smallest absolute Gasteiger partial charge is 0.262 e. The molecule has 8 heteroatoms. The number of benzene rings is 2. The second-order valence-electron chi connectivity index (χ2n) is 5.86. The number of methoxy groups -OCH3 is 4. The maximum absolute atomic E-state index is 12.0. The third-order valence-electron chi connectivity index (χ3n) is 4.02. The zero-order valence-electron chi connectivity index (χ0n) is 17.2. The van der Waals surface area contributed by atoms with E-state index in [0.29, 0.717) is 34.1 Å². The molecule has 158 valence electrons. The Morgan fingerprint density at radius 3 is 1.40 bits per heavy atom. The Kier molecular flexibility index (Phi) is 8.31. The molecule has 30 heavy (non-hydrogen) atoms. The number of rotatable bonds is 8. The van der Waals surface area contributed by atoms with E-state index in [9.17, 15) is 9.59 Å². The second kappa shape index (κ2) is 11.2.